The second-order valence-electron chi connectivity index (χ2n) is 7.92. The van der Waals surface area contributed by atoms with Crippen LogP contribution in [-0.4, -0.2) is 67.3 Å². The quantitative estimate of drug-likeness (QED) is 0.780. The van der Waals surface area contributed by atoms with Crippen LogP contribution < -0.4 is 0 Å². The van der Waals surface area contributed by atoms with Gasteiger partial charge in [-0.2, -0.15) is 0 Å². The van der Waals surface area contributed by atoms with Gasteiger partial charge in [0.15, 0.2) is 9.84 Å². The average Bonchev–Trinajstić information content (AvgIpc) is 2.65. The van der Waals surface area contributed by atoms with Crippen molar-refractivity contribution in [2.24, 2.45) is 11.8 Å². The summed E-state index contributed by atoms with van der Waals surface area (Å²) in [5.74, 6) is 1.31. The van der Waals surface area contributed by atoms with Gasteiger partial charge in [-0.15, -0.1) is 0 Å². The van der Waals surface area contributed by atoms with Crippen molar-refractivity contribution in [1.29, 1.82) is 0 Å². The maximum Gasteiger partial charge on any atom is 0.222 e. The fraction of sp³-hybridized carbons (Fsp3) is 0.941. The molecule has 6 heteroatoms. The van der Waals surface area contributed by atoms with Gasteiger partial charge in [-0.1, -0.05) is 27.7 Å². The predicted octanol–water partition coefficient (Wildman–Crippen LogP) is 1.78. The Morgan fingerprint density at radius 1 is 1.04 bits per heavy atom. The summed E-state index contributed by atoms with van der Waals surface area (Å²) in [6, 6.07) is 0.0769. The average molecular weight is 345 g/mol. The molecule has 0 aromatic carbocycles. The molecular weight excluding hydrogens is 312 g/mol. The molecule has 0 saturated carbocycles. The Kier molecular flexibility index (Phi) is 6.11. The summed E-state index contributed by atoms with van der Waals surface area (Å²) in [5.41, 5.74) is 0. The van der Waals surface area contributed by atoms with Gasteiger partial charge in [-0.05, 0) is 24.7 Å². The summed E-state index contributed by atoms with van der Waals surface area (Å²) < 4.78 is 25.0. The van der Waals surface area contributed by atoms with Gasteiger partial charge in [0.1, 0.15) is 0 Å². The Bertz CT molecular complexity index is 516. The minimum atomic E-state index is -3.03. The lowest BCUT2D eigenvalue weighted by Gasteiger charge is -2.40. The van der Waals surface area contributed by atoms with E-state index >= 15 is 0 Å². The number of likely N-dealkylation sites (tertiary alicyclic amines) is 1. The van der Waals surface area contributed by atoms with Gasteiger partial charge >= 0.3 is 0 Å². The SMILES string of the molecule is CC(C)CC(=O)N1CC[C@@H]2[C@H](CC1)S(=O)(=O)CCN2CC(C)C. The molecule has 0 N–H and O–H groups in total. The van der Waals surface area contributed by atoms with Crippen molar-refractivity contribution in [3.05, 3.63) is 0 Å². The third-order valence-corrected chi connectivity index (χ3v) is 7.16. The Balaban J connectivity index is 2.12. The van der Waals surface area contributed by atoms with Crippen molar-refractivity contribution in [2.45, 2.75) is 58.2 Å². The zero-order valence-corrected chi connectivity index (χ0v) is 15.8. The first-order chi connectivity index (χ1) is 10.7. The van der Waals surface area contributed by atoms with Crippen LogP contribution in [0.3, 0.4) is 0 Å². The van der Waals surface area contributed by atoms with Crippen molar-refractivity contribution >= 4 is 15.7 Å². The fourth-order valence-corrected chi connectivity index (χ4v) is 5.93. The van der Waals surface area contributed by atoms with Gasteiger partial charge in [0.25, 0.3) is 0 Å². The molecule has 0 radical (unpaired) electrons. The zero-order valence-electron chi connectivity index (χ0n) is 15.0. The molecule has 23 heavy (non-hydrogen) atoms. The molecule has 2 rings (SSSR count). The number of hydrogen-bond donors (Lipinski definition) is 0. The molecule has 134 valence electrons. The normalized spacial score (nSPS) is 28.7. The number of amides is 1. The summed E-state index contributed by atoms with van der Waals surface area (Å²) in [7, 11) is -3.03. The molecule has 0 bridgehead atoms. The first kappa shape index (κ1) is 18.7. The molecule has 2 atom stereocenters. The number of carbonyl (C=O) groups is 1. The monoisotopic (exact) mass is 344 g/mol. The van der Waals surface area contributed by atoms with E-state index in [2.05, 4.69) is 18.7 Å². The molecule has 2 saturated heterocycles. The summed E-state index contributed by atoms with van der Waals surface area (Å²) in [6.07, 6.45) is 1.92. The van der Waals surface area contributed by atoms with Crippen molar-refractivity contribution in [2.75, 3.05) is 31.9 Å². The second-order valence-corrected chi connectivity index (χ2v) is 10.3. The molecule has 0 aliphatic carbocycles. The minimum absolute atomic E-state index is 0.0769. The molecule has 2 aliphatic rings. The van der Waals surface area contributed by atoms with Gasteiger partial charge in [0.2, 0.25) is 5.91 Å². The van der Waals surface area contributed by atoms with Crippen LogP contribution in [-0.2, 0) is 14.6 Å². The molecule has 2 heterocycles. The molecule has 0 aromatic rings. The number of sulfone groups is 1. The molecule has 2 fully saturated rings. The minimum Gasteiger partial charge on any atom is -0.343 e. The van der Waals surface area contributed by atoms with Crippen LogP contribution in [0.2, 0.25) is 0 Å². The molecule has 2 aliphatic heterocycles. The molecule has 0 spiro atoms. The van der Waals surface area contributed by atoms with E-state index < -0.39 is 9.84 Å². The van der Waals surface area contributed by atoms with Gasteiger partial charge in [-0.25, -0.2) is 8.42 Å². The highest BCUT2D eigenvalue weighted by Crippen LogP contribution is 2.29. The van der Waals surface area contributed by atoms with Gasteiger partial charge in [-0.3, -0.25) is 9.69 Å². The number of rotatable bonds is 4. The Morgan fingerprint density at radius 3 is 2.30 bits per heavy atom. The Morgan fingerprint density at radius 2 is 1.70 bits per heavy atom. The van der Waals surface area contributed by atoms with Crippen molar-refractivity contribution in [1.82, 2.24) is 9.80 Å². The number of carbonyl (C=O) groups excluding carboxylic acids is 1. The van der Waals surface area contributed by atoms with Crippen LogP contribution in [0, 0.1) is 11.8 Å². The van der Waals surface area contributed by atoms with E-state index in [1.165, 1.54) is 0 Å². The lowest BCUT2D eigenvalue weighted by atomic mass is 10.0. The predicted molar refractivity (Wildman–Crippen MR) is 93.0 cm³/mol. The van der Waals surface area contributed by atoms with E-state index in [-0.39, 0.29) is 23.0 Å². The van der Waals surface area contributed by atoms with Crippen molar-refractivity contribution in [3.8, 4) is 0 Å². The molecular formula is C17H32N2O3S. The van der Waals surface area contributed by atoms with Crippen LogP contribution in [0.25, 0.3) is 0 Å². The largest absolute Gasteiger partial charge is 0.343 e. The van der Waals surface area contributed by atoms with Gasteiger partial charge in [0, 0.05) is 38.6 Å². The Hall–Kier alpha value is -0.620. The number of fused-ring (bicyclic) bond motifs is 1. The topological polar surface area (TPSA) is 57.7 Å². The number of nitrogens with zero attached hydrogens (tertiary/aromatic N) is 2. The maximum atomic E-state index is 12.5. The first-order valence-corrected chi connectivity index (χ1v) is 10.7. The Labute approximate surface area is 141 Å². The van der Waals surface area contributed by atoms with Gasteiger partial charge in [0.05, 0.1) is 11.0 Å². The van der Waals surface area contributed by atoms with E-state index in [0.29, 0.717) is 44.3 Å². The fourth-order valence-electron chi connectivity index (χ4n) is 3.88. The van der Waals surface area contributed by atoms with Crippen LogP contribution in [0.4, 0.5) is 0 Å². The summed E-state index contributed by atoms with van der Waals surface area (Å²) >= 11 is 0. The van der Waals surface area contributed by atoms with Crippen LogP contribution in [0.15, 0.2) is 0 Å². The smallest absolute Gasteiger partial charge is 0.222 e. The lowest BCUT2D eigenvalue weighted by Crippen LogP contribution is -2.55. The highest BCUT2D eigenvalue weighted by Gasteiger charge is 2.43. The molecule has 0 aromatic heterocycles. The van der Waals surface area contributed by atoms with E-state index in [1.54, 1.807) is 0 Å². The summed E-state index contributed by atoms with van der Waals surface area (Å²) in [5, 5.41) is -0.299. The van der Waals surface area contributed by atoms with Crippen molar-refractivity contribution < 1.29 is 13.2 Å². The highest BCUT2D eigenvalue weighted by molar-refractivity contribution is 7.92. The van der Waals surface area contributed by atoms with Crippen molar-refractivity contribution in [3.63, 3.8) is 0 Å². The maximum absolute atomic E-state index is 12.5. The third-order valence-electron chi connectivity index (χ3n) is 4.94. The van der Waals surface area contributed by atoms with Crippen LogP contribution in [0.5, 0.6) is 0 Å². The summed E-state index contributed by atoms with van der Waals surface area (Å²) in [6.45, 7) is 11.3. The zero-order chi connectivity index (χ0) is 17.2. The first-order valence-electron chi connectivity index (χ1n) is 8.94. The van der Waals surface area contributed by atoms with Crippen LogP contribution in [0.1, 0.15) is 47.0 Å². The standard InChI is InChI=1S/C17H32N2O3S/c1-13(2)11-17(20)18-7-5-15-16(6-8-18)23(21,22)10-9-19(15)12-14(3)4/h13-16H,5-12H2,1-4H3/t15-,16+/m1/s1. The van der Waals surface area contributed by atoms with E-state index in [4.69, 9.17) is 0 Å². The molecule has 0 unspecified atom stereocenters. The van der Waals surface area contributed by atoms with E-state index in [9.17, 15) is 13.2 Å². The summed E-state index contributed by atoms with van der Waals surface area (Å²) in [4.78, 5) is 16.6. The van der Waals surface area contributed by atoms with E-state index in [1.807, 2.05) is 18.7 Å². The molecule has 1 amide bonds. The lowest BCUT2D eigenvalue weighted by molar-refractivity contribution is -0.131. The second kappa shape index (κ2) is 7.51. The van der Waals surface area contributed by atoms with E-state index in [0.717, 1.165) is 13.0 Å². The van der Waals surface area contributed by atoms with Crippen LogP contribution >= 0.6 is 0 Å². The third kappa shape index (κ3) is 4.69. The highest BCUT2D eigenvalue weighted by atomic mass is 32.2. The molecule has 5 nitrogen and oxygen atoms in total. The van der Waals surface area contributed by atoms with Gasteiger partial charge < -0.3 is 4.90 Å². The number of hydrogen-bond acceptors (Lipinski definition) is 4.